The average molecular weight is 471 g/mol. The predicted molar refractivity (Wildman–Crippen MR) is 124 cm³/mol. The van der Waals surface area contributed by atoms with Gasteiger partial charge in [0.05, 0.1) is 20.8 Å². The van der Waals surface area contributed by atoms with Crippen LogP contribution in [0.3, 0.4) is 0 Å². The molecule has 0 atom stereocenters. The molecule has 0 unspecified atom stereocenters. The van der Waals surface area contributed by atoms with Gasteiger partial charge in [-0.1, -0.05) is 28.9 Å². The number of nitrogens with zero attached hydrogens (tertiary/aromatic N) is 3. The Bertz CT molecular complexity index is 1100. The van der Waals surface area contributed by atoms with Gasteiger partial charge in [0.2, 0.25) is 17.6 Å². The fourth-order valence-electron chi connectivity index (χ4n) is 3.94. The SMILES string of the molecule is COc1ccc(-c2noc(CN3CCC(C(=O)NCc4cccc(Cl)c4)CC3)n2)cc1OC. The van der Waals surface area contributed by atoms with Gasteiger partial charge < -0.3 is 19.3 Å². The number of hydrogen-bond acceptors (Lipinski definition) is 7. The van der Waals surface area contributed by atoms with E-state index in [1.165, 1.54) is 0 Å². The Balaban J connectivity index is 1.27. The fraction of sp³-hybridized carbons (Fsp3) is 0.375. The molecule has 1 aliphatic rings. The lowest BCUT2D eigenvalue weighted by Gasteiger charge is -2.30. The Morgan fingerprint density at radius 3 is 2.67 bits per heavy atom. The van der Waals surface area contributed by atoms with Crippen LogP contribution in [0.15, 0.2) is 47.0 Å². The van der Waals surface area contributed by atoms with Crippen LogP contribution in [0, 0.1) is 5.92 Å². The number of benzene rings is 2. The van der Waals surface area contributed by atoms with Crippen molar-refractivity contribution in [2.75, 3.05) is 27.3 Å². The topological polar surface area (TPSA) is 89.7 Å². The molecule has 2 heterocycles. The molecule has 0 spiro atoms. The van der Waals surface area contributed by atoms with Gasteiger partial charge in [-0.3, -0.25) is 9.69 Å². The summed E-state index contributed by atoms with van der Waals surface area (Å²) in [5, 5.41) is 7.80. The van der Waals surface area contributed by atoms with Crippen LogP contribution in [0.4, 0.5) is 0 Å². The van der Waals surface area contributed by atoms with Gasteiger partial charge in [-0.15, -0.1) is 0 Å². The molecule has 1 saturated heterocycles. The second-order valence-corrected chi connectivity index (χ2v) is 8.42. The molecular weight excluding hydrogens is 444 g/mol. The molecule has 0 aliphatic carbocycles. The molecule has 8 nitrogen and oxygen atoms in total. The zero-order valence-electron chi connectivity index (χ0n) is 18.7. The molecule has 9 heteroatoms. The summed E-state index contributed by atoms with van der Waals surface area (Å²) in [6.07, 6.45) is 1.58. The zero-order valence-corrected chi connectivity index (χ0v) is 19.5. The maximum absolute atomic E-state index is 12.6. The van der Waals surface area contributed by atoms with E-state index < -0.39 is 0 Å². The summed E-state index contributed by atoms with van der Waals surface area (Å²) >= 11 is 6.01. The number of halogens is 1. The van der Waals surface area contributed by atoms with Crippen molar-refractivity contribution in [2.24, 2.45) is 5.92 Å². The van der Waals surface area contributed by atoms with Gasteiger partial charge in [0.15, 0.2) is 11.5 Å². The summed E-state index contributed by atoms with van der Waals surface area (Å²) < 4.78 is 16.1. The normalized spacial score (nSPS) is 14.8. The highest BCUT2D eigenvalue weighted by atomic mass is 35.5. The molecule has 0 radical (unpaired) electrons. The van der Waals surface area contributed by atoms with Gasteiger partial charge in [-0.2, -0.15) is 4.98 Å². The molecular formula is C24H27ClN4O4. The minimum atomic E-state index is 0.00504. The highest BCUT2D eigenvalue weighted by Gasteiger charge is 2.26. The molecule has 0 bridgehead atoms. The lowest BCUT2D eigenvalue weighted by molar-refractivity contribution is -0.126. The second kappa shape index (κ2) is 10.7. The molecule has 4 rings (SSSR count). The van der Waals surface area contributed by atoms with Crippen molar-refractivity contribution < 1.29 is 18.8 Å². The van der Waals surface area contributed by atoms with Crippen molar-refractivity contribution in [1.29, 1.82) is 0 Å². The van der Waals surface area contributed by atoms with Crippen LogP contribution in [0.2, 0.25) is 5.02 Å². The summed E-state index contributed by atoms with van der Waals surface area (Å²) in [4.78, 5) is 19.3. The summed E-state index contributed by atoms with van der Waals surface area (Å²) in [6.45, 7) is 2.63. The van der Waals surface area contributed by atoms with Crippen LogP contribution >= 0.6 is 11.6 Å². The van der Waals surface area contributed by atoms with E-state index in [1.54, 1.807) is 14.2 Å². The van der Waals surface area contributed by atoms with Crippen molar-refractivity contribution in [3.8, 4) is 22.9 Å². The van der Waals surface area contributed by atoms with Gasteiger partial charge in [0, 0.05) is 23.0 Å². The quantitative estimate of drug-likeness (QED) is 0.533. The minimum Gasteiger partial charge on any atom is -0.493 e. The van der Waals surface area contributed by atoms with Gasteiger partial charge in [-0.05, 0) is 61.8 Å². The third-order valence-corrected chi connectivity index (χ3v) is 6.02. The molecule has 2 aromatic carbocycles. The fourth-order valence-corrected chi connectivity index (χ4v) is 4.15. The molecule has 1 N–H and O–H groups in total. The number of piperidine rings is 1. The van der Waals surface area contributed by atoms with Crippen molar-refractivity contribution >= 4 is 17.5 Å². The molecule has 0 saturated carbocycles. The molecule has 33 heavy (non-hydrogen) atoms. The van der Waals surface area contributed by atoms with Crippen molar-refractivity contribution in [3.63, 3.8) is 0 Å². The van der Waals surface area contributed by atoms with E-state index in [1.807, 2.05) is 42.5 Å². The van der Waals surface area contributed by atoms with Crippen LogP contribution in [-0.2, 0) is 17.9 Å². The second-order valence-electron chi connectivity index (χ2n) is 7.98. The Kier molecular flexibility index (Phi) is 7.47. The smallest absolute Gasteiger partial charge is 0.241 e. The lowest BCUT2D eigenvalue weighted by atomic mass is 9.96. The Morgan fingerprint density at radius 1 is 1.15 bits per heavy atom. The van der Waals surface area contributed by atoms with Crippen LogP contribution < -0.4 is 14.8 Å². The highest BCUT2D eigenvalue weighted by molar-refractivity contribution is 6.30. The summed E-state index contributed by atoms with van der Waals surface area (Å²) in [5.41, 5.74) is 1.78. The number of carbonyl (C=O) groups excluding carboxylic acids is 1. The van der Waals surface area contributed by atoms with E-state index in [4.69, 9.17) is 25.6 Å². The summed E-state index contributed by atoms with van der Waals surface area (Å²) in [5.74, 6) is 2.39. The first-order chi connectivity index (χ1) is 16.1. The maximum Gasteiger partial charge on any atom is 0.241 e. The molecule has 174 valence electrons. The number of ether oxygens (including phenoxy) is 2. The number of amides is 1. The van der Waals surface area contributed by atoms with E-state index in [9.17, 15) is 4.79 Å². The Morgan fingerprint density at radius 2 is 1.94 bits per heavy atom. The minimum absolute atomic E-state index is 0.00504. The number of hydrogen-bond donors (Lipinski definition) is 1. The van der Waals surface area contributed by atoms with Crippen LogP contribution in [0.5, 0.6) is 11.5 Å². The number of aromatic nitrogens is 2. The van der Waals surface area contributed by atoms with Gasteiger partial charge in [-0.25, -0.2) is 0 Å². The Labute approximate surface area is 197 Å². The first kappa shape index (κ1) is 23.1. The first-order valence-electron chi connectivity index (χ1n) is 10.8. The van der Waals surface area contributed by atoms with E-state index in [-0.39, 0.29) is 11.8 Å². The third kappa shape index (κ3) is 5.83. The molecule has 1 fully saturated rings. The highest BCUT2D eigenvalue weighted by Crippen LogP contribution is 2.31. The van der Waals surface area contributed by atoms with E-state index in [0.717, 1.165) is 37.1 Å². The van der Waals surface area contributed by atoms with Crippen molar-refractivity contribution in [2.45, 2.75) is 25.9 Å². The van der Waals surface area contributed by atoms with E-state index >= 15 is 0 Å². The molecule has 1 aromatic heterocycles. The molecule has 1 amide bonds. The Hall–Kier alpha value is -3.10. The largest absolute Gasteiger partial charge is 0.493 e. The van der Waals surface area contributed by atoms with Crippen molar-refractivity contribution in [3.05, 3.63) is 58.9 Å². The zero-order chi connectivity index (χ0) is 23.2. The number of carbonyl (C=O) groups is 1. The van der Waals surface area contributed by atoms with Crippen LogP contribution in [0.25, 0.3) is 11.4 Å². The molecule has 3 aromatic rings. The monoisotopic (exact) mass is 470 g/mol. The van der Waals surface area contributed by atoms with Gasteiger partial charge >= 0.3 is 0 Å². The molecule has 1 aliphatic heterocycles. The number of rotatable bonds is 8. The first-order valence-corrected chi connectivity index (χ1v) is 11.2. The van der Waals surface area contributed by atoms with Crippen LogP contribution in [-0.4, -0.2) is 48.3 Å². The summed E-state index contributed by atoms with van der Waals surface area (Å²) in [7, 11) is 3.18. The number of methoxy groups -OCH3 is 2. The van der Waals surface area contributed by atoms with Crippen LogP contribution in [0.1, 0.15) is 24.3 Å². The van der Waals surface area contributed by atoms with Gasteiger partial charge in [0.25, 0.3) is 0 Å². The number of nitrogens with one attached hydrogen (secondary N) is 1. The third-order valence-electron chi connectivity index (χ3n) is 5.78. The standard InChI is InChI=1S/C24H27ClN4O4/c1-31-20-7-6-18(13-21(20)32-2)23-27-22(33-28-23)15-29-10-8-17(9-11-29)24(30)26-14-16-4-3-5-19(25)12-16/h3-7,12-13,17H,8-11,14-15H2,1-2H3,(H,26,30). The lowest BCUT2D eigenvalue weighted by Crippen LogP contribution is -2.40. The summed E-state index contributed by atoms with van der Waals surface area (Å²) in [6, 6.07) is 13.0. The van der Waals surface area contributed by atoms with Crippen molar-refractivity contribution in [1.82, 2.24) is 20.4 Å². The predicted octanol–water partition coefficient (Wildman–Crippen LogP) is 3.94. The number of likely N-dealkylation sites (tertiary alicyclic amines) is 1. The van der Waals surface area contributed by atoms with E-state index in [0.29, 0.717) is 41.3 Å². The average Bonchev–Trinajstić information content (AvgIpc) is 3.31. The van der Waals surface area contributed by atoms with Gasteiger partial charge in [0.1, 0.15) is 0 Å². The maximum atomic E-state index is 12.6. The van der Waals surface area contributed by atoms with E-state index in [2.05, 4.69) is 20.4 Å².